The summed E-state index contributed by atoms with van der Waals surface area (Å²) in [4.78, 5) is 61.9. The highest BCUT2D eigenvalue weighted by Crippen LogP contribution is 2.27. The van der Waals surface area contributed by atoms with Crippen LogP contribution in [0, 0.1) is 0 Å². The summed E-state index contributed by atoms with van der Waals surface area (Å²) >= 11 is 0. The molecule has 11 nitrogen and oxygen atoms in total. The number of amides is 3. The number of carboxylic acid groups (broad SMARTS) is 1. The first kappa shape index (κ1) is 24.0. The molecule has 1 aromatic heterocycles. The SMILES string of the molecule is Cn1c(=O)n(C2CCC(=O)NC2=O)c2ccc(N(CCCC(=O)O)C(=O)OC(C)(C)C)cc21. The maximum Gasteiger partial charge on any atom is 0.414 e. The molecule has 11 heteroatoms. The van der Waals surface area contributed by atoms with E-state index in [1.165, 1.54) is 14.0 Å². The number of imidazole rings is 1. The van der Waals surface area contributed by atoms with Gasteiger partial charge in [0.2, 0.25) is 11.8 Å². The number of aromatic nitrogens is 2. The van der Waals surface area contributed by atoms with E-state index < -0.39 is 35.3 Å². The number of piperidine rings is 1. The molecule has 2 N–H and O–H groups in total. The molecular weight excluding hydrogens is 432 g/mol. The van der Waals surface area contributed by atoms with Crippen molar-refractivity contribution >= 4 is 40.6 Å². The Morgan fingerprint density at radius 1 is 1.21 bits per heavy atom. The number of carbonyl (C=O) groups excluding carboxylic acids is 3. The van der Waals surface area contributed by atoms with E-state index in [1.807, 2.05) is 0 Å². The fraction of sp³-hybridized carbons (Fsp3) is 0.500. The van der Waals surface area contributed by atoms with Crippen LogP contribution in [0.1, 0.15) is 52.5 Å². The van der Waals surface area contributed by atoms with Crippen molar-refractivity contribution in [2.75, 3.05) is 11.4 Å². The summed E-state index contributed by atoms with van der Waals surface area (Å²) in [6.45, 7) is 5.29. The van der Waals surface area contributed by atoms with Crippen LogP contribution in [0.2, 0.25) is 0 Å². The van der Waals surface area contributed by atoms with Crippen LogP contribution in [-0.4, -0.2) is 50.3 Å². The van der Waals surface area contributed by atoms with Gasteiger partial charge in [0.05, 0.1) is 11.0 Å². The van der Waals surface area contributed by atoms with Crippen molar-refractivity contribution in [3.05, 3.63) is 28.7 Å². The highest BCUT2D eigenvalue weighted by molar-refractivity contribution is 6.00. The minimum absolute atomic E-state index is 0.106. The zero-order valence-corrected chi connectivity index (χ0v) is 19.1. The van der Waals surface area contributed by atoms with E-state index in [2.05, 4.69) is 5.32 Å². The molecule has 1 unspecified atom stereocenters. The first-order chi connectivity index (χ1) is 15.4. The van der Waals surface area contributed by atoms with Crippen LogP contribution < -0.4 is 15.9 Å². The fourth-order valence-corrected chi connectivity index (χ4v) is 3.78. The van der Waals surface area contributed by atoms with Crippen molar-refractivity contribution in [2.24, 2.45) is 7.05 Å². The average molecular weight is 460 g/mol. The maximum atomic E-state index is 13.0. The zero-order chi connectivity index (χ0) is 24.5. The van der Waals surface area contributed by atoms with Gasteiger partial charge in [0.1, 0.15) is 11.6 Å². The number of fused-ring (bicyclic) bond motifs is 1. The topological polar surface area (TPSA) is 140 Å². The number of rotatable bonds is 6. The Morgan fingerprint density at radius 3 is 2.52 bits per heavy atom. The van der Waals surface area contributed by atoms with E-state index in [1.54, 1.807) is 46.0 Å². The van der Waals surface area contributed by atoms with Crippen LogP contribution in [-0.2, 0) is 26.2 Å². The number of nitrogens with one attached hydrogen (secondary N) is 1. The number of aliphatic carboxylic acids is 1. The maximum absolute atomic E-state index is 13.0. The summed E-state index contributed by atoms with van der Waals surface area (Å²) in [6, 6.07) is 4.06. The second-order valence-corrected chi connectivity index (χ2v) is 8.98. The third-order valence-electron chi connectivity index (χ3n) is 5.29. The lowest BCUT2D eigenvalue weighted by atomic mass is 10.1. The van der Waals surface area contributed by atoms with Gasteiger partial charge < -0.3 is 9.84 Å². The third kappa shape index (κ3) is 5.24. The van der Waals surface area contributed by atoms with Crippen molar-refractivity contribution in [1.82, 2.24) is 14.5 Å². The molecule has 3 amide bonds. The molecule has 1 saturated heterocycles. The Bertz CT molecular complexity index is 1170. The average Bonchev–Trinajstić information content (AvgIpc) is 2.94. The number of hydrogen-bond acceptors (Lipinski definition) is 6. The molecule has 3 rings (SSSR count). The summed E-state index contributed by atoms with van der Waals surface area (Å²) in [5, 5.41) is 11.2. The van der Waals surface area contributed by atoms with Crippen molar-refractivity contribution < 1.29 is 29.0 Å². The zero-order valence-electron chi connectivity index (χ0n) is 19.1. The number of aryl methyl sites for hydroxylation is 1. The summed E-state index contributed by atoms with van der Waals surface area (Å²) < 4.78 is 8.20. The van der Waals surface area contributed by atoms with Crippen molar-refractivity contribution in [1.29, 1.82) is 0 Å². The fourth-order valence-electron chi connectivity index (χ4n) is 3.78. The first-order valence-corrected chi connectivity index (χ1v) is 10.7. The molecule has 178 valence electrons. The van der Waals surface area contributed by atoms with Gasteiger partial charge in [0.25, 0.3) is 0 Å². The molecule has 33 heavy (non-hydrogen) atoms. The number of imide groups is 1. The molecule has 1 aliphatic rings. The highest BCUT2D eigenvalue weighted by Gasteiger charge is 2.32. The van der Waals surface area contributed by atoms with Crippen LogP contribution in [0.4, 0.5) is 10.5 Å². The van der Waals surface area contributed by atoms with Crippen LogP contribution in [0.15, 0.2) is 23.0 Å². The summed E-state index contributed by atoms with van der Waals surface area (Å²) in [6.07, 6.45) is -0.200. The van der Waals surface area contributed by atoms with Crippen molar-refractivity contribution in [2.45, 2.75) is 58.1 Å². The summed E-state index contributed by atoms with van der Waals surface area (Å²) in [7, 11) is 1.55. The lowest BCUT2D eigenvalue weighted by molar-refractivity contribution is -0.137. The normalized spacial score (nSPS) is 16.5. The third-order valence-corrected chi connectivity index (χ3v) is 5.29. The van der Waals surface area contributed by atoms with Gasteiger partial charge in [-0.2, -0.15) is 0 Å². The van der Waals surface area contributed by atoms with Crippen LogP contribution >= 0.6 is 0 Å². The molecule has 0 radical (unpaired) electrons. The van der Waals surface area contributed by atoms with Crippen molar-refractivity contribution in [3.8, 4) is 0 Å². The Hall–Kier alpha value is -3.63. The number of anilines is 1. The molecule has 2 aromatic rings. The Labute approximate surface area is 189 Å². The Balaban J connectivity index is 2.02. The number of hydrogen-bond donors (Lipinski definition) is 2. The second-order valence-electron chi connectivity index (χ2n) is 8.98. The van der Waals surface area contributed by atoms with E-state index in [4.69, 9.17) is 9.84 Å². The smallest absolute Gasteiger partial charge is 0.414 e. The minimum Gasteiger partial charge on any atom is -0.481 e. The number of benzene rings is 1. The van der Waals surface area contributed by atoms with E-state index in [0.29, 0.717) is 16.7 Å². The second kappa shape index (κ2) is 9.08. The van der Waals surface area contributed by atoms with Gasteiger partial charge in [-0.25, -0.2) is 9.59 Å². The van der Waals surface area contributed by atoms with Gasteiger partial charge in [0, 0.05) is 32.1 Å². The molecule has 0 bridgehead atoms. The van der Waals surface area contributed by atoms with E-state index in [0.717, 1.165) is 0 Å². The quantitative estimate of drug-likeness (QED) is 0.628. The Kier molecular flexibility index (Phi) is 6.61. The molecule has 1 fully saturated rings. The number of nitrogens with zero attached hydrogens (tertiary/aromatic N) is 3. The number of carboxylic acids is 1. The largest absolute Gasteiger partial charge is 0.481 e. The van der Waals surface area contributed by atoms with Gasteiger partial charge in [-0.15, -0.1) is 0 Å². The van der Waals surface area contributed by atoms with Gasteiger partial charge in [-0.05, 0) is 51.8 Å². The molecule has 1 aliphatic heterocycles. The molecule has 2 heterocycles. The molecule has 1 aromatic carbocycles. The van der Waals surface area contributed by atoms with E-state index in [9.17, 15) is 24.0 Å². The van der Waals surface area contributed by atoms with Crippen LogP contribution in [0.5, 0.6) is 0 Å². The molecular formula is C22H28N4O7. The predicted molar refractivity (Wildman–Crippen MR) is 119 cm³/mol. The summed E-state index contributed by atoms with van der Waals surface area (Å²) in [5.41, 5.74) is 0.211. The molecule has 0 saturated carbocycles. The van der Waals surface area contributed by atoms with Gasteiger partial charge >= 0.3 is 17.8 Å². The highest BCUT2D eigenvalue weighted by atomic mass is 16.6. The first-order valence-electron chi connectivity index (χ1n) is 10.7. The number of ether oxygens (including phenoxy) is 1. The molecule has 0 aliphatic carbocycles. The monoisotopic (exact) mass is 460 g/mol. The lowest BCUT2D eigenvalue weighted by Gasteiger charge is -2.27. The molecule has 1 atom stereocenters. The lowest BCUT2D eigenvalue weighted by Crippen LogP contribution is -2.44. The predicted octanol–water partition coefficient (Wildman–Crippen LogP) is 1.92. The van der Waals surface area contributed by atoms with E-state index >= 15 is 0 Å². The van der Waals surface area contributed by atoms with Crippen LogP contribution in [0.3, 0.4) is 0 Å². The van der Waals surface area contributed by atoms with Gasteiger partial charge in [-0.1, -0.05) is 0 Å². The van der Waals surface area contributed by atoms with Gasteiger partial charge in [-0.3, -0.25) is 33.7 Å². The molecule has 0 spiro atoms. The van der Waals surface area contributed by atoms with E-state index in [-0.39, 0.29) is 38.1 Å². The number of carbonyl (C=O) groups is 4. The Morgan fingerprint density at radius 2 is 1.91 bits per heavy atom. The van der Waals surface area contributed by atoms with Crippen molar-refractivity contribution in [3.63, 3.8) is 0 Å². The standard InChI is InChI=1S/C22H28N4O7/c1-22(2,3)33-21(32)25(11-5-6-18(28)29)13-7-8-14-16(12-13)24(4)20(31)26(14)15-9-10-17(27)23-19(15)30/h7-8,12,15H,5-6,9-11H2,1-4H3,(H,28,29)(H,23,27,30). The van der Waals surface area contributed by atoms with Crippen LogP contribution in [0.25, 0.3) is 11.0 Å². The van der Waals surface area contributed by atoms with Gasteiger partial charge in [0.15, 0.2) is 0 Å². The minimum atomic E-state index is -0.974. The summed E-state index contributed by atoms with van der Waals surface area (Å²) in [5.74, 6) is -1.88.